The maximum absolute atomic E-state index is 12.5. The number of carbonyl (C=O) groups excluding carboxylic acids is 1. The zero-order chi connectivity index (χ0) is 13.9. The van der Waals surface area contributed by atoms with Crippen LogP contribution in [-0.4, -0.2) is 21.9 Å². The van der Waals surface area contributed by atoms with Crippen LogP contribution < -0.4 is 0 Å². The van der Waals surface area contributed by atoms with E-state index in [0.29, 0.717) is 13.0 Å². The fourth-order valence-corrected chi connectivity index (χ4v) is 2.70. The molecule has 2 heterocycles. The summed E-state index contributed by atoms with van der Waals surface area (Å²) >= 11 is 0. The van der Waals surface area contributed by atoms with Gasteiger partial charge < -0.3 is 9.30 Å². The number of benzene rings is 1. The summed E-state index contributed by atoms with van der Waals surface area (Å²) in [5.41, 5.74) is 2.23. The Hall–Kier alpha value is -1.94. The highest BCUT2D eigenvalue weighted by Crippen LogP contribution is 2.28. The van der Waals surface area contributed by atoms with Crippen LogP contribution in [0.3, 0.4) is 0 Å². The number of nitrogens with zero attached hydrogens (tertiary/aromatic N) is 2. The number of imidazole rings is 1. The molecule has 3 rings (SSSR count). The molecule has 1 aliphatic rings. The number of rotatable bonds is 4. The first kappa shape index (κ1) is 13.1. The van der Waals surface area contributed by atoms with Crippen molar-refractivity contribution in [1.29, 1.82) is 0 Å². The van der Waals surface area contributed by atoms with Crippen molar-refractivity contribution in [2.24, 2.45) is 0 Å². The van der Waals surface area contributed by atoms with E-state index in [2.05, 4.69) is 11.1 Å². The summed E-state index contributed by atoms with van der Waals surface area (Å²) in [6.45, 7) is 3.47. The van der Waals surface area contributed by atoms with Crippen LogP contribution in [0.2, 0.25) is 0 Å². The predicted octanol–water partition coefficient (Wildman–Crippen LogP) is 2.33. The highest BCUT2D eigenvalue weighted by molar-refractivity contribution is 5.86. The summed E-state index contributed by atoms with van der Waals surface area (Å²) in [6.07, 6.45) is 4.39. The van der Waals surface area contributed by atoms with E-state index >= 15 is 0 Å². The van der Waals surface area contributed by atoms with Crippen molar-refractivity contribution in [1.82, 2.24) is 9.55 Å². The largest absolute Gasteiger partial charge is 0.365 e. The molecule has 0 radical (unpaired) electrons. The number of aromatic nitrogens is 2. The first-order chi connectivity index (χ1) is 9.79. The number of ketones is 1. The van der Waals surface area contributed by atoms with Crippen LogP contribution in [-0.2, 0) is 28.9 Å². The first-order valence-electron chi connectivity index (χ1n) is 7.01. The summed E-state index contributed by atoms with van der Waals surface area (Å²) in [7, 11) is 0. The van der Waals surface area contributed by atoms with E-state index in [1.54, 1.807) is 6.20 Å². The summed E-state index contributed by atoms with van der Waals surface area (Å²) in [5.74, 6) is 0.891. The molecule has 0 amide bonds. The zero-order valence-corrected chi connectivity index (χ0v) is 11.6. The topological polar surface area (TPSA) is 44.1 Å². The van der Waals surface area contributed by atoms with E-state index in [-0.39, 0.29) is 5.78 Å². The van der Waals surface area contributed by atoms with Gasteiger partial charge in [0.2, 0.25) is 0 Å². The van der Waals surface area contributed by atoms with Crippen LogP contribution in [0.5, 0.6) is 0 Å². The van der Waals surface area contributed by atoms with Gasteiger partial charge in [-0.05, 0) is 24.5 Å². The molecule has 0 fully saturated rings. The fraction of sp³-hybridized carbons (Fsp3) is 0.375. The molecule has 4 nitrogen and oxygen atoms in total. The lowest BCUT2D eigenvalue weighted by Gasteiger charge is -2.25. The number of carbonyl (C=O) groups is 1. The van der Waals surface area contributed by atoms with Crippen molar-refractivity contribution in [3.05, 3.63) is 53.6 Å². The number of hydrogen-bond acceptors (Lipinski definition) is 3. The van der Waals surface area contributed by atoms with Crippen molar-refractivity contribution in [2.45, 2.75) is 32.4 Å². The van der Waals surface area contributed by atoms with Crippen LogP contribution in [0.15, 0.2) is 36.7 Å². The van der Waals surface area contributed by atoms with Gasteiger partial charge in [-0.1, -0.05) is 24.3 Å². The van der Waals surface area contributed by atoms with Crippen molar-refractivity contribution in [2.75, 3.05) is 6.61 Å². The smallest absolute Gasteiger partial charge is 0.173 e. The van der Waals surface area contributed by atoms with Gasteiger partial charge >= 0.3 is 0 Å². The molecule has 104 valence electrons. The van der Waals surface area contributed by atoms with Gasteiger partial charge in [-0.25, -0.2) is 4.98 Å². The van der Waals surface area contributed by atoms with Gasteiger partial charge in [0, 0.05) is 18.9 Å². The van der Waals surface area contributed by atoms with E-state index in [1.807, 2.05) is 35.9 Å². The second-order valence-corrected chi connectivity index (χ2v) is 4.97. The Kier molecular flexibility index (Phi) is 3.65. The highest BCUT2D eigenvalue weighted by Gasteiger charge is 2.27. The van der Waals surface area contributed by atoms with Crippen LogP contribution in [0.4, 0.5) is 0 Å². The molecule has 20 heavy (non-hydrogen) atoms. The van der Waals surface area contributed by atoms with Gasteiger partial charge in [0.1, 0.15) is 11.9 Å². The summed E-state index contributed by atoms with van der Waals surface area (Å²) in [6, 6.07) is 8.03. The average molecular weight is 270 g/mol. The second-order valence-electron chi connectivity index (χ2n) is 4.97. The van der Waals surface area contributed by atoms with Crippen molar-refractivity contribution in [3.63, 3.8) is 0 Å². The summed E-state index contributed by atoms with van der Waals surface area (Å²) in [4.78, 5) is 16.8. The third-order valence-electron chi connectivity index (χ3n) is 3.76. The molecule has 0 saturated heterocycles. The number of ether oxygens (including phenoxy) is 1. The van der Waals surface area contributed by atoms with Crippen LogP contribution in [0.1, 0.15) is 30.0 Å². The van der Waals surface area contributed by atoms with Gasteiger partial charge in [0.05, 0.1) is 13.0 Å². The molecule has 1 aromatic heterocycles. The molecule has 2 aromatic rings. The van der Waals surface area contributed by atoms with Gasteiger partial charge in [-0.3, -0.25) is 4.79 Å². The predicted molar refractivity (Wildman–Crippen MR) is 75.5 cm³/mol. The van der Waals surface area contributed by atoms with Crippen molar-refractivity contribution < 1.29 is 9.53 Å². The van der Waals surface area contributed by atoms with Crippen LogP contribution in [0, 0.1) is 0 Å². The lowest BCUT2D eigenvalue weighted by Crippen LogP contribution is -2.25. The van der Waals surface area contributed by atoms with E-state index in [4.69, 9.17) is 4.74 Å². The molecule has 4 heteroatoms. The van der Waals surface area contributed by atoms with E-state index in [9.17, 15) is 4.79 Å². The molecular weight excluding hydrogens is 252 g/mol. The minimum atomic E-state index is -0.443. The molecule has 1 unspecified atom stereocenters. The maximum atomic E-state index is 12.5. The van der Waals surface area contributed by atoms with Crippen molar-refractivity contribution in [3.8, 4) is 0 Å². The van der Waals surface area contributed by atoms with Gasteiger partial charge in [-0.15, -0.1) is 0 Å². The second kappa shape index (κ2) is 5.59. The quantitative estimate of drug-likeness (QED) is 0.856. The third-order valence-corrected chi connectivity index (χ3v) is 3.76. The summed E-state index contributed by atoms with van der Waals surface area (Å²) < 4.78 is 7.69. The van der Waals surface area contributed by atoms with Crippen LogP contribution in [0.25, 0.3) is 0 Å². The van der Waals surface area contributed by atoms with Gasteiger partial charge in [0.15, 0.2) is 5.78 Å². The average Bonchev–Trinajstić information content (AvgIpc) is 2.93. The lowest BCUT2D eigenvalue weighted by atomic mass is 9.94. The Morgan fingerprint density at radius 1 is 1.45 bits per heavy atom. The molecule has 0 spiro atoms. The molecule has 1 aliphatic heterocycles. The zero-order valence-electron chi connectivity index (χ0n) is 11.6. The fourth-order valence-electron chi connectivity index (χ4n) is 2.70. The normalized spacial score (nSPS) is 17.8. The molecule has 0 N–H and O–H groups in total. The van der Waals surface area contributed by atoms with Crippen molar-refractivity contribution >= 4 is 5.78 Å². The Balaban J connectivity index is 1.82. The van der Waals surface area contributed by atoms with E-state index in [0.717, 1.165) is 24.4 Å². The lowest BCUT2D eigenvalue weighted by molar-refractivity contribution is -0.131. The standard InChI is InChI=1S/C16H18N2O2/c1-2-18-9-8-17-15(18)11-14(19)16-13-6-4-3-5-12(13)7-10-20-16/h3-6,8-9,16H,2,7,10-11H2,1H3. The Morgan fingerprint density at radius 2 is 2.30 bits per heavy atom. The first-order valence-corrected chi connectivity index (χ1v) is 7.01. The molecule has 1 atom stereocenters. The molecule has 0 aliphatic carbocycles. The highest BCUT2D eigenvalue weighted by atomic mass is 16.5. The minimum absolute atomic E-state index is 0.0815. The third kappa shape index (κ3) is 2.39. The number of Topliss-reactive ketones (excluding diaryl/α,β-unsaturated/α-hetero) is 1. The summed E-state index contributed by atoms with van der Waals surface area (Å²) in [5, 5.41) is 0. The number of fused-ring (bicyclic) bond motifs is 1. The Morgan fingerprint density at radius 3 is 3.15 bits per heavy atom. The van der Waals surface area contributed by atoms with Gasteiger partial charge in [0.25, 0.3) is 0 Å². The molecular formula is C16H18N2O2. The van der Waals surface area contributed by atoms with Crippen LogP contribution >= 0.6 is 0 Å². The minimum Gasteiger partial charge on any atom is -0.365 e. The molecule has 1 aromatic carbocycles. The number of aryl methyl sites for hydroxylation is 1. The molecule has 0 bridgehead atoms. The molecule has 0 saturated carbocycles. The maximum Gasteiger partial charge on any atom is 0.173 e. The Bertz CT molecular complexity index is 618. The van der Waals surface area contributed by atoms with E-state index in [1.165, 1.54) is 5.56 Å². The number of hydrogen-bond donors (Lipinski definition) is 0. The van der Waals surface area contributed by atoms with E-state index < -0.39 is 6.10 Å². The SMILES string of the molecule is CCn1ccnc1CC(=O)C1OCCc2ccccc21. The Labute approximate surface area is 118 Å². The monoisotopic (exact) mass is 270 g/mol. The van der Waals surface area contributed by atoms with Gasteiger partial charge in [-0.2, -0.15) is 0 Å².